The normalized spacial score (nSPS) is 10.2. The summed E-state index contributed by atoms with van der Waals surface area (Å²) in [6.07, 6.45) is 0. The fraction of sp³-hybridized carbons (Fsp3) is 0. The number of halogens is 1. The van der Waals surface area contributed by atoms with E-state index in [2.05, 4.69) is 0 Å². The number of rotatable bonds is 3. The smallest absolute Gasteiger partial charge is 0.335 e. The van der Waals surface area contributed by atoms with Crippen molar-refractivity contribution < 1.29 is 24.9 Å². The fourth-order valence-corrected chi connectivity index (χ4v) is 1.91. The van der Waals surface area contributed by atoms with E-state index in [1.54, 1.807) is 0 Å². The number of hydrogen-bond donors (Lipinski definition) is 3. The highest BCUT2D eigenvalue weighted by Gasteiger charge is 2.13. The average molecular weight is 293 g/mol. The molecule has 0 fully saturated rings. The van der Waals surface area contributed by atoms with Crippen molar-refractivity contribution in [3.63, 3.8) is 0 Å². The lowest BCUT2D eigenvalue weighted by molar-refractivity contribution is 0.0696. The Hall–Kier alpha value is -2.53. The second-order valence-electron chi connectivity index (χ2n) is 4.08. The Kier molecular flexibility index (Phi) is 3.63. The van der Waals surface area contributed by atoms with Gasteiger partial charge in [0.1, 0.15) is 5.75 Å². The number of aromatic hydroxyl groups is 1. The Balaban J connectivity index is 2.63. The summed E-state index contributed by atoms with van der Waals surface area (Å²) in [5, 5.41) is 27.5. The third-order valence-corrected chi connectivity index (χ3v) is 3.01. The summed E-state index contributed by atoms with van der Waals surface area (Å²) < 4.78 is 0. The SMILES string of the molecule is O=C(O)c1cc(C(=O)O)cc(-c2ccc(O)c(Cl)c2)c1. The molecule has 3 N–H and O–H groups in total. The van der Waals surface area contributed by atoms with Crippen molar-refractivity contribution in [3.05, 3.63) is 52.5 Å². The molecule has 0 atom stereocenters. The van der Waals surface area contributed by atoms with Crippen molar-refractivity contribution >= 4 is 23.5 Å². The zero-order chi connectivity index (χ0) is 14.9. The Morgan fingerprint density at radius 3 is 1.85 bits per heavy atom. The van der Waals surface area contributed by atoms with Crippen LogP contribution >= 0.6 is 11.6 Å². The van der Waals surface area contributed by atoms with E-state index >= 15 is 0 Å². The van der Waals surface area contributed by atoms with Crippen LogP contribution < -0.4 is 0 Å². The van der Waals surface area contributed by atoms with Gasteiger partial charge in [-0.2, -0.15) is 0 Å². The summed E-state index contributed by atoms with van der Waals surface area (Å²) in [5.74, 6) is -2.55. The first-order valence-electron chi connectivity index (χ1n) is 5.49. The van der Waals surface area contributed by atoms with Gasteiger partial charge in [0.25, 0.3) is 0 Å². The number of carbonyl (C=O) groups is 2. The monoisotopic (exact) mass is 292 g/mol. The molecule has 0 bridgehead atoms. The van der Waals surface area contributed by atoms with Crippen LogP contribution in [0.4, 0.5) is 0 Å². The number of carboxylic acid groups (broad SMARTS) is 2. The topological polar surface area (TPSA) is 94.8 Å². The van der Waals surface area contributed by atoms with Crippen LogP contribution in [0.3, 0.4) is 0 Å². The maximum atomic E-state index is 11.0. The molecule has 2 rings (SSSR count). The maximum absolute atomic E-state index is 11.0. The lowest BCUT2D eigenvalue weighted by Gasteiger charge is -2.07. The van der Waals surface area contributed by atoms with E-state index in [0.29, 0.717) is 11.1 Å². The maximum Gasteiger partial charge on any atom is 0.335 e. The number of carboxylic acids is 2. The molecular formula is C14H9ClO5. The van der Waals surface area contributed by atoms with Gasteiger partial charge in [0.05, 0.1) is 16.1 Å². The minimum Gasteiger partial charge on any atom is -0.506 e. The van der Waals surface area contributed by atoms with Gasteiger partial charge in [-0.1, -0.05) is 17.7 Å². The van der Waals surface area contributed by atoms with Crippen molar-refractivity contribution in [3.8, 4) is 16.9 Å². The van der Waals surface area contributed by atoms with Crippen LogP contribution in [0.2, 0.25) is 5.02 Å². The van der Waals surface area contributed by atoms with E-state index < -0.39 is 11.9 Å². The van der Waals surface area contributed by atoms with Gasteiger partial charge in [0.15, 0.2) is 0 Å². The quantitative estimate of drug-likeness (QED) is 0.808. The highest BCUT2D eigenvalue weighted by Crippen LogP contribution is 2.30. The van der Waals surface area contributed by atoms with E-state index in [4.69, 9.17) is 21.8 Å². The number of phenolic OH excluding ortho intramolecular Hbond substituents is 1. The molecule has 0 aromatic heterocycles. The minimum absolute atomic E-state index is 0.0973. The molecule has 0 radical (unpaired) electrons. The Morgan fingerprint density at radius 1 is 0.850 bits per heavy atom. The molecule has 0 unspecified atom stereocenters. The average Bonchev–Trinajstić information content (AvgIpc) is 2.41. The fourth-order valence-electron chi connectivity index (χ4n) is 1.73. The predicted molar refractivity (Wildman–Crippen MR) is 72.5 cm³/mol. The van der Waals surface area contributed by atoms with Crippen molar-refractivity contribution in [2.75, 3.05) is 0 Å². The molecule has 0 aliphatic carbocycles. The molecular weight excluding hydrogens is 284 g/mol. The highest BCUT2D eigenvalue weighted by atomic mass is 35.5. The lowest BCUT2D eigenvalue weighted by atomic mass is 9.99. The summed E-state index contributed by atoms with van der Waals surface area (Å²) >= 11 is 5.79. The molecule has 0 aliphatic rings. The summed E-state index contributed by atoms with van der Waals surface area (Å²) in [4.78, 5) is 22.0. The van der Waals surface area contributed by atoms with Gasteiger partial charge in [-0.3, -0.25) is 0 Å². The van der Waals surface area contributed by atoms with Crippen LogP contribution in [0.1, 0.15) is 20.7 Å². The van der Waals surface area contributed by atoms with Gasteiger partial charge >= 0.3 is 11.9 Å². The molecule has 20 heavy (non-hydrogen) atoms. The van der Waals surface area contributed by atoms with Gasteiger partial charge in [-0.25, -0.2) is 9.59 Å². The molecule has 2 aromatic rings. The first-order chi connectivity index (χ1) is 9.38. The lowest BCUT2D eigenvalue weighted by Crippen LogP contribution is -2.03. The largest absolute Gasteiger partial charge is 0.506 e. The molecule has 0 amide bonds. The first-order valence-corrected chi connectivity index (χ1v) is 5.87. The van der Waals surface area contributed by atoms with E-state index in [1.165, 1.54) is 30.3 Å². The molecule has 0 saturated heterocycles. The van der Waals surface area contributed by atoms with Crippen LogP contribution in [0.15, 0.2) is 36.4 Å². The van der Waals surface area contributed by atoms with Crippen molar-refractivity contribution in [1.29, 1.82) is 0 Å². The Morgan fingerprint density at radius 2 is 1.40 bits per heavy atom. The Bertz CT molecular complexity index is 676. The van der Waals surface area contributed by atoms with Crippen LogP contribution in [-0.4, -0.2) is 27.3 Å². The molecule has 5 nitrogen and oxygen atoms in total. The highest BCUT2D eigenvalue weighted by molar-refractivity contribution is 6.32. The van der Waals surface area contributed by atoms with Crippen molar-refractivity contribution in [2.24, 2.45) is 0 Å². The molecule has 0 heterocycles. The van der Waals surface area contributed by atoms with E-state index in [1.807, 2.05) is 0 Å². The van der Waals surface area contributed by atoms with Crippen molar-refractivity contribution in [2.45, 2.75) is 0 Å². The number of hydrogen-bond acceptors (Lipinski definition) is 3. The summed E-state index contributed by atoms with van der Waals surface area (Å²) in [7, 11) is 0. The second kappa shape index (κ2) is 5.22. The van der Waals surface area contributed by atoms with E-state index in [-0.39, 0.29) is 21.9 Å². The predicted octanol–water partition coefficient (Wildman–Crippen LogP) is 3.11. The molecule has 0 saturated carbocycles. The number of benzene rings is 2. The van der Waals surface area contributed by atoms with Crippen LogP contribution in [0.5, 0.6) is 5.75 Å². The minimum atomic E-state index is -1.22. The van der Waals surface area contributed by atoms with E-state index in [0.717, 1.165) is 6.07 Å². The summed E-state index contributed by atoms with van der Waals surface area (Å²) in [5.41, 5.74) is 0.635. The number of aromatic carboxylic acids is 2. The molecule has 6 heteroatoms. The Labute approximate surface area is 118 Å². The van der Waals surface area contributed by atoms with Gasteiger partial charge in [0.2, 0.25) is 0 Å². The number of phenols is 1. The van der Waals surface area contributed by atoms with Crippen LogP contribution in [-0.2, 0) is 0 Å². The zero-order valence-electron chi connectivity index (χ0n) is 10.0. The summed E-state index contributed by atoms with van der Waals surface area (Å²) in [6.45, 7) is 0. The molecule has 0 aliphatic heterocycles. The molecule has 102 valence electrons. The third kappa shape index (κ3) is 2.73. The standard InChI is InChI=1S/C14H9ClO5/c15-11-6-7(1-2-12(11)16)8-3-9(13(17)18)5-10(4-8)14(19)20/h1-6,16H,(H,17,18)(H,19,20). The second-order valence-corrected chi connectivity index (χ2v) is 4.48. The van der Waals surface area contributed by atoms with Crippen molar-refractivity contribution in [1.82, 2.24) is 0 Å². The molecule has 2 aromatic carbocycles. The van der Waals surface area contributed by atoms with Gasteiger partial charge in [-0.05, 0) is 41.5 Å². The summed E-state index contributed by atoms with van der Waals surface area (Å²) in [6, 6.07) is 8.08. The van der Waals surface area contributed by atoms with Gasteiger partial charge in [0, 0.05) is 0 Å². The van der Waals surface area contributed by atoms with Crippen LogP contribution in [0.25, 0.3) is 11.1 Å². The first kappa shape index (κ1) is 13.9. The van der Waals surface area contributed by atoms with E-state index in [9.17, 15) is 14.7 Å². The van der Waals surface area contributed by atoms with Gasteiger partial charge < -0.3 is 15.3 Å². The van der Waals surface area contributed by atoms with Crippen LogP contribution in [0, 0.1) is 0 Å². The zero-order valence-corrected chi connectivity index (χ0v) is 10.8. The third-order valence-electron chi connectivity index (χ3n) is 2.71. The van der Waals surface area contributed by atoms with Gasteiger partial charge in [-0.15, -0.1) is 0 Å². The molecule has 0 spiro atoms.